The zero-order chi connectivity index (χ0) is 18.2. The average molecular weight is 370 g/mol. The van der Waals surface area contributed by atoms with Crippen LogP contribution in [-0.4, -0.2) is 21.1 Å². The van der Waals surface area contributed by atoms with Crippen molar-refractivity contribution in [3.8, 4) is 0 Å². The lowest BCUT2D eigenvalue weighted by atomic mass is 10.2. The number of rotatable bonds is 4. The predicted octanol–water partition coefficient (Wildman–Crippen LogP) is 4.82. The predicted molar refractivity (Wildman–Crippen MR) is 92.4 cm³/mol. The topological polar surface area (TPSA) is 54.8 Å². The molecule has 2 N–H and O–H groups in total. The normalized spacial score (nSPS) is 11.8. The quantitative estimate of drug-likeness (QED) is 0.692. The molecule has 0 saturated carbocycles. The number of halogens is 4. The van der Waals surface area contributed by atoms with Gasteiger partial charge in [-0.05, 0) is 25.1 Å². The fourth-order valence-electron chi connectivity index (χ4n) is 2.46. The third-order valence-corrected chi connectivity index (χ3v) is 3.97. The fraction of sp³-hybridized carbons (Fsp3) is 0.250. The van der Waals surface area contributed by atoms with Crippen LogP contribution in [0.1, 0.15) is 12.5 Å². The molecule has 0 spiro atoms. The minimum absolute atomic E-state index is 0.0272. The van der Waals surface area contributed by atoms with Gasteiger partial charge in [-0.3, -0.25) is 0 Å². The van der Waals surface area contributed by atoms with E-state index >= 15 is 0 Å². The van der Waals surface area contributed by atoms with Gasteiger partial charge in [-0.1, -0.05) is 11.6 Å². The van der Waals surface area contributed by atoms with Crippen LogP contribution < -0.4 is 10.6 Å². The van der Waals surface area contributed by atoms with Crippen LogP contribution >= 0.6 is 11.6 Å². The Labute approximate surface area is 146 Å². The molecule has 0 aliphatic carbocycles. The lowest BCUT2D eigenvalue weighted by molar-refractivity contribution is -0.137. The number of hydrogen-bond donors (Lipinski definition) is 2. The zero-order valence-electron chi connectivity index (χ0n) is 13.4. The third-order valence-electron chi connectivity index (χ3n) is 3.66. The monoisotopic (exact) mass is 369 g/mol. The van der Waals surface area contributed by atoms with E-state index in [1.807, 2.05) is 23.9 Å². The molecule has 9 heteroatoms. The zero-order valence-corrected chi connectivity index (χ0v) is 14.2. The van der Waals surface area contributed by atoms with Gasteiger partial charge in [-0.25, -0.2) is 4.98 Å². The number of alkyl halides is 3. The smallest absolute Gasteiger partial charge is 0.370 e. The molecule has 0 amide bonds. The molecule has 0 fully saturated rings. The van der Waals surface area contributed by atoms with Crippen LogP contribution in [0.5, 0.6) is 0 Å². The van der Waals surface area contributed by atoms with E-state index in [1.54, 1.807) is 19.1 Å². The fourth-order valence-corrected chi connectivity index (χ4v) is 2.68. The summed E-state index contributed by atoms with van der Waals surface area (Å²) >= 11 is 6.24. The first-order valence-corrected chi connectivity index (χ1v) is 7.87. The number of fused-ring (bicyclic) bond motifs is 1. The molecule has 0 aliphatic heterocycles. The minimum atomic E-state index is -4.53. The number of hydrogen-bond acceptors (Lipinski definition) is 4. The van der Waals surface area contributed by atoms with Gasteiger partial charge in [0.2, 0.25) is 5.95 Å². The van der Waals surface area contributed by atoms with E-state index in [0.717, 1.165) is 17.1 Å². The molecule has 5 nitrogen and oxygen atoms in total. The van der Waals surface area contributed by atoms with Crippen LogP contribution in [-0.2, 0) is 13.2 Å². The van der Waals surface area contributed by atoms with Gasteiger partial charge in [-0.2, -0.15) is 18.2 Å². The molecule has 0 aliphatic rings. The summed E-state index contributed by atoms with van der Waals surface area (Å²) in [6.07, 6.45) is -1.89. The van der Waals surface area contributed by atoms with E-state index < -0.39 is 11.7 Å². The maximum Gasteiger partial charge on any atom is 0.421 e. The number of nitrogens with one attached hydrogen (secondary N) is 2. The van der Waals surface area contributed by atoms with Crippen molar-refractivity contribution < 1.29 is 13.2 Å². The molecule has 2 heterocycles. The molecule has 25 heavy (non-hydrogen) atoms. The molecule has 0 bridgehead atoms. The van der Waals surface area contributed by atoms with Crippen LogP contribution in [0.4, 0.5) is 30.6 Å². The Morgan fingerprint density at radius 2 is 2.04 bits per heavy atom. The Bertz CT molecular complexity index is 920. The SMILES string of the molecule is CCNc1nc(Nc2cc3c(ccn3C)cc2Cl)ncc1C(F)(F)F. The highest BCUT2D eigenvalue weighted by Crippen LogP contribution is 2.35. The summed E-state index contributed by atoms with van der Waals surface area (Å²) in [5.41, 5.74) is 0.521. The van der Waals surface area contributed by atoms with Crippen molar-refractivity contribution in [1.29, 1.82) is 0 Å². The van der Waals surface area contributed by atoms with Crippen LogP contribution in [0.3, 0.4) is 0 Å². The van der Waals surface area contributed by atoms with E-state index in [-0.39, 0.29) is 11.8 Å². The molecule has 3 aromatic rings. The second kappa shape index (κ2) is 6.44. The van der Waals surface area contributed by atoms with Gasteiger partial charge < -0.3 is 15.2 Å². The molecule has 0 atom stereocenters. The lowest BCUT2D eigenvalue weighted by Gasteiger charge is -2.14. The van der Waals surface area contributed by atoms with Crippen molar-refractivity contribution >= 4 is 40.0 Å². The number of benzene rings is 1. The maximum atomic E-state index is 13.0. The third kappa shape index (κ3) is 3.48. The standard InChI is InChI=1S/C16H15ClF3N5/c1-3-21-14-10(16(18,19)20)8-22-15(24-14)23-12-7-13-9(6-11(12)17)4-5-25(13)2/h4-8H,3H2,1-2H3,(H2,21,22,23,24). The van der Waals surface area contributed by atoms with Crippen molar-refractivity contribution in [2.75, 3.05) is 17.2 Å². The van der Waals surface area contributed by atoms with Crippen LogP contribution in [0.25, 0.3) is 10.9 Å². The van der Waals surface area contributed by atoms with Crippen molar-refractivity contribution in [3.05, 3.63) is 41.2 Å². The second-order valence-corrected chi connectivity index (χ2v) is 5.83. The Morgan fingerprint density at radius 1 is 1.28 bits per heavy atom. The summed E-state index contributed by atoms with van der Waals surface area (Å²) < 4.78 is 41.0. The van der Waals surface area contributed by atoms with Crippen molar-refractivity contribution in [3.63, 3.8) is 0 Å². The van der Waals surface area contributed by atoms with Gasteiger partial charge in [0.1, 0.15) is 11.4 Å². The maximum absolute atomic E-state index is 13.0. The largest absolute Gasteiger partial charge is 0.421 e. The first kappa shape index (κ1) is 17.3. The molecular weight excluding hydrogens is 355 g/mol. The molecule has 0 unspecified atom stereocenters. The van der Waals surface area contributed by atoms with Gasteiger partial charge >= 0.3 is 6.18 Å². The van der Waals surface area contributed by atoms with Gasteiger partial charge in [0.05, 0.1) is 10.7 Å². The van der Waals surface area contributed by atoms with E-state index in [0.29, 0.717) is 17.3 Å². The molecule has 0 radical (unpaired) electrons. The summed E-state index contributed by atoms with van der Waals surface area (Å²) in [7, 11) is 1.89. The number of nitrogens with zero attached hydrogens (tertiary/aromatic N) is 3. The van der Waals surface area contributed by atoms with E-state index in [9.17, 15) is 13.2 Å². The highest BCUT2D eigenvalue weighted by Gasteiger charge is 2.35. The minimum Gasteiger partial charge on any atom is -0.370 e. The number of aromatic nitrogens is 3. The summed E-state index contributed by atoms with van der Waals surface area (Å²) in [5.74, 6) is -0.247. The van der Waals surface area contributed by atoms with Gasteiger partial charge in [0, 0.05) is 36.9 Å². The van der Waals surface area contributed by atoms with Crippen molar-refractivity contribution in [2.45, 2.75) is 13.1 Å². The first-order chi connectivity index (χ1) is 11.8. The van der Waals surface area contributed by atoms with E-state index in [1.165, 1.54) is 0 Å². The number of anilines is 3. The van der Waals surface area contributed by atoms with E-state index in [4.69, 9.17) is 11.6 Å². The molecule has 1 aromatic carbocycles. The van der Waals surface area contributed by atoms with Crippen molar-refractivity contribution in [2.24, 2.45) is 7.05 Å². The molecule has 132 valence electrons. The highest BCUT2D eigenvalue weighted by molar-refractivity contribution is 6.34. The lowest BCUT2D eigenvalue weighted by Crippen LogP contribution is -2.14. The Morgan fingerprint density at radius 3 is 2.72 bits per heavy atom. The Hall–Kier alpha value is -2.48. The summed E-state index contributed by atoms with van der Waals surface area (Å²) in [4.78, 5) is 7.70. The summed E-state index contributed by atoms with van der Waals surface area (Å²) in [6.45, 7) is 1.99. The second-order valence-electron chi connectivity index (χ2n) is 5.43. The van der Waals surface area contributed by atoms with Gasteiger partial charge in [0.15, 0.2) is 0 Å². The van der Waals surface area contributed by atoms with Gasteiger partial charge in [-0.15, -0.1) is 0 Å². The van der Waals surface area contributed by atoms with Crippen LogP contribution in [0, 0.1) is 0 Å². The first-order valence-electron chi connectivity index (χ1n) is 7.49. The molecular formula is C16H15ClF3N5. The highest BCUT2D eigenvalue weighted by atomic mass is 35.5. The van der Waals surface area contributed by atoms with Crippen LogP contribution in [0.2, 0.25) is 5.02 Å². The summed E-state index contributed by atoms with van der Waals surface area (Å²) in [5, 5.41) is 6.88. The Balaban J connectivity index is 1.99. The average Bonchev–Trinajstić information content (AvgIpc) is 2.88. The molecule has 3 rings (SSSR count). The van der Waals surface area contributed by atoms with E-state index in [2.05, 4.69) is 20.6 Å². The van der Waals surface area contributed by atoms with Crippen molar-refractivity contribution in [1.82, 2.24) is 14.5 Å². The molecule has 2 aromatic heterocycles. The molecule has 0 saturated heterocycles. The Kier molecular flexibility index (Phi) is 4.47. The summed E-state index contributed by atoms with van der Waals surface area (Å²) in [6, 6.07) is 5.49. The van der Waals surface area contributed by atoms with Crippen LogP contribution in [0.15, 0.2) is 30.6 Å². The van der Waals surface area contributed by atoms with Gasteiger partial charge in [0.25, 0.3) is 0 Å². The number of aryl methyl sites for hydroxylation is 1.